The van der Waals surface area contributed by atoms with Crippen LogP contribution in [0.1, 0.15) is 44.1 Å². The molecule has 1 aromatic heterocycles. The van der Waals surface area contributed by atoms with Crippen molar-refractivity contribution in [3.63, 3.8) is 0 Å². The number of aryl methyl sites for hydroxylation is 1. The van der Waals surface area contributed by atoms with Crippen molar-refractivity contribution < 1.29 is 9.59 Å². The molecule has 7 heteroatoms. The third-order valence-corrected chi connectivity index (χ3v) is 5.12. The maximum atomic E-state index is 12.6. The summed E-state index contributed by atoms with van der Waals surface area (Å²) in [7, 11) is 0. The number of rotatable bonds is 8. The highest BCUT2D eigenvalue weighted by Crippen LogP contribution is 2.17. The second kappa shape index (κ2) is 9.88. The quantitative estimate of drug-likeness (QED) is 0.743. The van der Waals surface area contributed by atoms with Crippen LogP contribution < -0.4 is 5.32 Å². The fourth-order valence-electron chi connectivity index (χ4n) is 3.62. The van der Waals surface area contributed by atoms with Gasteiger partial charge in [-0.1, -0.05) is 13.8 Å². The van der Waals surface area contributed by atoms with E-state index in [-0.39, 0.29) is 11.8 Å². The third-order valence-electron chi connectivity index (χ3n) is 5.12. The van der Waals surface area contributed by atoms with E-state index >= 15 is 0 Å². The summed E-state index contributed by atoms with van der Waals surface area (Å²) in [6, 6.07) is 0. The molecule has 1 aliphatic rings. The first kappa shape index (κ1) is 21.4. The van der Waals surface area contributed by atoms with Gasteiger partial charge in [-0.25, -0.2) is 0 Å². The second-order valence-electron chi connectivity index (χ2n) is 7.84. The van der Waals surface area contributed by atoms with Gasteiger partial charge in [-0.15, -0.1) is 0 Å². The molecule has 0 saturated carbocycles. The highest BCUT2D eigenvalue weighted by Gasteiger charge is 2.23. The van der Waals surface area contributed by atoms with Crippen LogP contribution in [0.4, 0.5) is 0 Å². The van der Waals surface area contributed by atoms with Gasteiger partial charge in [0.15, 0.2) is 0 Å². The molecule has 0 aromatic carbocycles. The van der Waals surface area contributed by atoms with Crippen molar-refractivity contribution in [2.45, 2.75) is 54.0 Å². The molecule has 1 saturated heterocycles. The summed E-state index contributed by atoms with van der Waals surface area (Å²) in [4.78, 5) is 28.3. The second-order valence-corrected chi connectivity index (χ2v) is 7.84. The van der Waals surface area contributed by atoms with Crippen LogP contribution in [0.25, 0.3) is 0 Å². The van der Waals surface area contributed by atoms with Crippen molar-refractivity contribution in [1.29, 1.82) is 0 Å². The molecule has 0 spiro atoms. The van der Waals surface area contributed by atoms with Gasteiger partial charge in [0, 0.05) is 51.4 Å². The van der Waals surface area contributed by atoms with E-state index in [1.54, 1.807) is 0 Å². The molecule has 0 unspecified atom stereocenters. The predicted molar refractivity (Wildman–Crippen MR) is 107 cm³/mol. The minimum Gasteiger partial charge on any atom is -0.355 e. The number of nitrogens with zero attached hydrogens (tertiary/aromatic N) is 4. The summed E-state index contributed by atoms with van der Waals surface area (Å²) in [6.07, 6.45) is 1.26. The van der Waals surface area contributed by atoms with Gasteiger partial charge < -0.3 is 10.2 Å². The van der Waals surface area contributed by atoms with Gasteiger partial charge in [-0.3, -0.25) is 19.2 Å². The first-order valence-electron chi connectivity index (χ1n) is 10.1. The maximum Gasteiger partial charge on any atom is 0.234 e. The van der Waals surface area contributed by atoms with E-state index in [1.165, 1.54) is 11.3 Å². The highest BCUT2D eigenvalue weighted by atomic mass is 16.2. The molecule has 1 aromatic rings. The summed E-state index contributed by atoms with van der Waals surface area (Å²) in [5, 5.41) is 7.46. The fraction of sp³-hybridized carbons (Fsp3) is 0.750. The number of hydrogen-bond donors (Lipinski definition) is 1. The third kappa shape index (κ3) is 6.06. The van der Waals surface area contributed by atoms with Crippen LogP contribution in [-0.2, 0) is 22.6 Å². The minimum absolute atomic E-state index is 0.0571. The Morgan fingerprint density at radius 3 is 2.41 bits per heavy atom. The maximum absolute atomic E-state index is 12.6. The molecular formula is C20H35N5O2. The average molecular weight is 378 g/mol. The van der Waals surface area contributed by atoms with Crippen LogP contribution in [0.2, 0.25) is 0 Å². The Morgan fingerprint density at radius 2 is 1.81 bits per heavy atom. The number of nitrogens with one attached hydrogen (secondary N) is 1. The molecular weight excluding hydrogens is 342 g/mol. The van der Waals surface area contributed by atoms with Crippen LogP contribution in [0, 0.1) is 19.8 Å². The zero-order chi connectivity index (χ0) is 20.0. The Balaban J connectivity index is 1.82. The Hall–Kier alpha value is -1.89. The lowest BCUT2D eigenvalue weighted by molar-refractivity contribution is -0.133. The van der Waals surface area contributed by atoms with Crippen molar-refractivity contribution in [2.75, 3.05) is 39.3 Å². The topological polar surface area (TPSA) is 70.5 Å². The van der Waals surface area contributed by atoms with E-state index in [0.717, 1.165) is 31.7 Å². The van der Waals surface area contributed by atoms with Crippen molar-refractivity contribution in [3.8, 4) is 0 Å². The monoisotopic (exact) mass is 377 g/mol. The van der Waals surface area contributed by atoms with E-state index in [0.29, 0.717) is 38.5 Å². The van der Waals surface area contributed by atoms with Gasteiger partial charge in [-0.2, -0.15) is 5.10 Å². The SMILES string of the molecule is CCNC(=O)CN1CCN(C(=O)CCc2c(C)nn(CC(C)C)c2C)CC1. The molecule has 0 aliphatic carbocycles. The molecule has 1 aliphatic heterocycles. The molecule has 152 valence electrons. The summed E-state index contributed by atoms with van der Waals surface area (Å²) in [6.45, 7) is 15.3. The van der Waals surface area contributed by atoms with E-state index < -0.39 is 0 Å². The molecule has 1 N–H and O–H groups in total. The van der Waals surface area contributed by atoms with Crippen LogP contribution in [0.3, 0.4) is 0 Å². The first-order valence-corrected chi connectivity index (χ1v) is 10.1. The lowest BCUT2D eigenvalue weighted by atomic mass is 10.1. The summed E-state index contributed by atoms with van der Waals surface area (Å²) in [5.74, 6) is 0.804. The first-order chi connectivity index (χ1) is 12.8. The Morgan fingerprint density at radius 1 is 1.15 bits per heavy atom. The van der Waals surface area contributed by atoms with Crippen molar-refractivity contribution in [2.24, 2.45) is 5.92 Å². The Labute approximate surface area is 163 Å². The van der Waals surface area contributed by atoms with E-state index in [4.69, 9.17) is 0 Å². The van der Waals surface area contributed by atoms with Gasteiger partial charge in [0.05, 0.1) is 12.2 Å². The molecule has 2 amide bonds. The fourth-order valence-corrected chi connectivity index (χ4v) is 3.62. The van der Waals surface area contributed by atoms with Crippen molar-refractivity contribution in [1.82, 2.24) is 24.9 Å². The van der Waals surface area contributed by atoms with Crippen LogP contribution in [0.15, 0.2) is 0 Å². The van der Waals surface area contributed by atoms with E-state index in [1.807, 2.05) is 18.7 Å². The van der Waals surface area contributed by atoms with Gasteiger partial charge >= 0.3 is 0 Å². The molecule has 0 radical (unpaired) electrons. The minimum atomic E-state index is 0.0571. The van der Waals surface area contributed by atoms with Gasteiger partial charge in [0.2, 0.25) is 11.8 Å². The predicted octanol–water partition coefficient (Wildman–Crippen LogP) is 1.37. The molecule has 0 bridgehead atoms. The Kier molecular flexibility index (Phi) is 7.83. The molecule has 7 nitrogen and oxygen atoms in total. The smallest absolute Gasteiger partial charge is 0.234 e. The van der Waals surface area contributed by atoms with Gasteiger partial charge in [0.25, 0.3) is 0 Å². The number of hydrogen-bond acceptors (Lipinski definition) is 4. The molecule has 2 rings (SSSR count). The van der Waals surface area contributed by atoms with Gasteiger partial charge in [-0.05, 0) is 38.7 Å². The van der Waals surface area contributed by atoms with Crippen molar-refractivity contribution in [3.05, 3.63) is 17.0 Å². The van der Waals surface area contributed by atoms with Crippen LogP contribution >= 0.6 is 0 Å². The highest BCUT2D eigenvalue weighted by molar-refractivity contribution is 5.78. The average Bonchev–Trinajstić information content (AvgIpc) is 2.86. The normalized spacial score (nSPS) is 15.4. The van der Waals surface area contributed by atoms with Crippen LogP contribution in [-0.4, -0.2) is 70.7 Å². The molecule has 1 fully saturated rings. The number of carbonyl (C=O) groups is 2. The molecule has 2 heterocycles. The molecule has 0 atom stereocenters. The number of amides is 2. The number of carbonyl (C=O) groups excluding carboxylic acids is 2. The van der Waals surface area contributed by atoms with Crippen molar-refractivity contribution >= 4 is 11.8 Å². The lowest BCUT2D eigenvalue weighted by Gasteiger charge is -2.34. The van der Waals surface area contributed by atoms with E-state index in [9.17, 15) is 9.59 Å². The summed E-state index contributed by atoms with van der Waals surface area (Å²) < 4.78 is 2.07. The molecule has 27 heavy (non-hydrogen) atoms. The zero-order valence-electron chi connectivity index (χ0n) is 17.5. The lowest BCUT2D eigenvalue weighted by Crippen LogP contribution is -2.51. The number of piperazine rings is 1. The summed E-state index contributed by atoms with van der Waals surface area (Å²) in [5.41, 5.74) is 3.42. The number of likely N-dealkylation sites (N-methyl/N-ethyl adjacent to an activating group) is 1. The van der Waals surface area contributed by atoms with Crippen LogP contribution in [0.5, 0.6) is 0 Å². The summed E-state index contributed by atoms with van der Waals surface area (Å²) >= 11 is 0. The van der Waals surface area contributed by atoms with Gasteiger partial charge in [0.1, 0.15) is 0 Å². The largest absolute Gasteiger partial charge is 0.355 e. The Bertz CT molecular complexity index is 645. The standard InChI is InChI=1S/C20H35N5O2/c1-6-21-19(26)14-23-9-11-24(12-10-23)20(27)8-7-18-16(4)22-25(17(18)5)13-15(2)3/h15H,6-14H2,1-5H3,(H,21,26). The zero-order valence-corrected chi connectivity index (χ0v) is 17.5. The number of aromatic nitrogens is 2. The van der Waals surface area contributed by atoms with E-state index in [2.05, 4.69) is 40.8 Å².